The summed E-state index contributed by atoms with van der Waals surface area (Å²) < 4.78 is 16.8. The maximum Gasteiger partial charge on any atom is 0.246 e. The van der Waals surface area contributed by atoms with E-state index < -0.39 is 5.82 Å². The van der Waals surface area contributed by atoms with Gasteiger partial charge in [0.15, 0.2) is 5.82 Å². The molecule has 11 heteroatoms. The van der Waals surface area contributed by atoms with Gasteiger partial charge in [-0.2, -0.15) is 10.1 Å². The van der Waals surface area contributed by atoms with E-state index in [0.29, 0.717) is 54.5 Å². The third-order valence-electron chi connectivity index (χ3n) is 8.79. The number of piperidine rings is 1. The first-order valence-electron chi connectivity index (χ1n) is 14.9. The van der Waals surface area contributed by atoms with E-state index >= 15 is 4.39 Å². The molecular weight excluding hydrogens is 567 g/mol. The fourth-order valence-corrected chi connectivity index (χ4v) is 6.60. The number of amides is 1. The Kier molecular flexibility index (Phi) is 7.76. The third kappa shape index (κ3) is 5.54. The van der Waals surface area contributed by atoms with Crippen LogP contribution in [-0.2, 0) is 4.79 Å². The average Bonchev–Trinajstić information content (AvgIpc) is 3.47. The van der Waals surface area contributed by atoms with Crippen molar-refractivity contribution in [2.75, 3.05) is 49.5 Å². The van der Waals surface area contributed by atoms with Crippen molar-refractivity contribution < 1.29 is 9.18 Å². The molecule has 1 amide bonds. The van der Waals surface area contributed by atoms with Gasteiger partial charge in [-0.3, -0.25) is 14.8 Å². The Morgan fingerprint density at radius 3 is 2.49 bits per heavy atom. The standard InChI is InChI=1S/C32H38ClFN8O/c1-6-25(43)40-13-15-41(16-14-40)30-21-17-23(33)27(26-19(2)7-8-24-22(26)18-35-39-24)28(34)29(21)37-31(38-30)36-20-9-11-42(12-10-20)32(3,4)5/h6-8,17-18,20H,1,9-16H2,2-5H3,(H,35,39)(H,36,37,38). The van der Waals surface area contributed by atoms with E-state index in [0.717, 1.165) is 42.4 Å². The molecule has 0 atom stereocenters. The molecule has 6 rings (SSSR count). The third-order valence-corrected chi connectivity index (χ3v) is 9.09. The first-order valence-corrected chi connectivity index (χ1v) is 15.2. The SMILES string of the molecule is C=CC(=O)N1CCN(c2nc(NC3CCN(C(C)(C)C)CC3)nc3c(F)c(-c4c(C)ccc5[nH]ncc45)c(Cl)cc23)CC1. The highest BCUT2D eigenvalue weighted by atomic mass is 35.5. The predicted octanol–water partition coefficient (Wildman–Crippen LogP) is 5.78. The van der Waals surface area contributed by atoms with Gasteiger partial charge in [0.25, 0.3) is 0 Å². The van der Waals surface area contributed by atoms with Gasteiger partial charge < -0.3 is 15.1 Å². The number of nitrogens with zero attached hydrogens (tertiary/aromatic N) is 6. The summed E-state index contributed by atoms with van der Waals surface area (Å²) in [5.41, 5.74) is 3.00. The average molecular weight is 605 g/mol. The Morgan fingerprint density at radius 2 is 1.81 bits per heavy atom. The van der Waals surface area contributed by atoms with Crippen LogP contribution in [0.3, 0.4) is 0 Å². The number of aromatic nitrogens is 4. The molecule has 0 bridgehead atoms. The minimum Gasteiger partial charge on any atom is -0.352 e. The molecule has 2 N–H and O–H groups in total. The van der Waals surface area contributed by atoms with Crippen molar-refractivity contribution in [2.45, 2.75) is 52.1 Å². The number of aryl methyl sites for hydroxylation is 1. The normalized spacial score (nSPS) is 17.2. The summed E-state index contributed by atoms with van der Waals surface area (Å²) in [6.07, 6.45) is 4.91. The molecule has 2 fully saturated rings. The van der Waals surface area contributed by atoms with Crippen molar-refractivity contribution in [1.29, 1.82) is 0 Å². The second kappa shape index (κ2) is 11.4. The van der Waals surface area contributed by atoms with Gasteiger partial charge in [0.1, 0.15) is 11.3 Å². The van der Waals surface area contributed by atoms with E-state index in [9.17, 15) is 4.79 Å². The fraction of sp³-hybridized carbons (Fsp3) is 0.438. The molecule has 0 aliphatic carbocycles. The summed E-state index contributed by atoms with van der Waals surface area (Å²) >= 11 is 6.89. The Labute approximate surface area is 256 Å². The molecule has 2 aromatic heterocycles. The van der Waals surface area contributed by atoms with Gasteiger partial charge in [0, 0.05) is 72.7 Å². The molecule has 9 nitrogen and oxygen atoms in total. The van der Waals surface area contributed by atoms with E-state index in [1.807, 2.05) is 19.1 Å². The highest BCUT2D eigenvalue weighted by molar-refractivity contribution is 6.35. The van der Waals surface area contributed by atoms with Gasteiger partial charge >= 0.3 is 0 Å². The van der Waals surface area contributed by atoms with Gasteiger partial charge in [-0.25, -0.2) is 9.37 Å². The zero-order valence-electron chi connectivity index (χ0n) is 25.2. The highest BCUT2D eigenvalue weighted by Crippen LogP contribution is 2.42. The summed E-state index contributed by atoms with van der Waals surface area (Å²) in [5, 5.41) is 12.3. The van der Waals surface area contributed by atoms with Crippen molar-refractivity contribution in [2.24, 2.45) is 0 Å². The number of halogens is 2. The summed E-state index contributed by atoms with van der Waals surface area (Å²) in [7, 11) is 0. The molecular formula is C32H38ClFN8O. The lowest BCUT2D eigenvalue weighted by atomic mass is 9.95. The molecule has 4 heterocycles. The molecule has 0 radical (unpaired) electrons. The number of carbonyl (C=O) groups excluding carboxylic acids is 1. The van der Waals surface area contributed by atoms with E-state index in [4.69, 9.17) is 21.6 Å². The molecule has 0 spiro atoms. The van der Waals surface area contributed by atoms with Crippen molar-refractivity contribution in [3.8, 4) is 11.1 Å². The molecule has 2 saturated heterocycles. The number of rotatable bonds is 5. The van der Waals surface area contributed by atoms with Crippen LogP contribution in [0.4, 0.5) is 16.2 Å². The van der Waals surface area contributed by atoms with Crippen LogP contribution in [0, 0.1) is 12.7 Å². The van der Waals surface area contributed by atoms with Gasteiger partial charge in [0.2, 0.25) is 11.9 Å². The summed E-state index contributed by atoms with van der Waals surface area (Å²) in [6.45, 7) is 16.3. The lowest BCUT2D eigenvalue weighted by molar-refractivity contribution is -0.126. The molecule has 0 unspecified atom stereocenters. The number of hydrogen-bond acceptors (Lipinski definition) is 7. The van der Waals surface area contributed by atoms with Crippen molar-refractivity contribution in [3.63, 3.8) is 0 Å². The van der Waals surface area contributed by atoms with E-state index in [1.165, 1.54) is 6.08 Å². The second-order valence-corrected chi connectivity index (χ2v) is 12.9. The van der Waals surface area contributed by atoms with Gasteiger partial charge in [-0.05, 0) is 64.3 Å². The topological polar surface area (TPSA) is 93.3 Å². The lowest BCUT2D eigenvalue weighted by Crippen LogP contribution is -2.49. The number of likely N-dealkylation sites (tertiary alicyclic amines) is 1. The second-order valence-electron chi connectivity index (χ2n) is 12.5. The van der Waals surface area contributed by atoms with Crippen LogP contribution in [0.2, 0.25) is 5.02 Å². The predicted molar refractivity (Wildman–Crippen MR) is 171 cm³/mol. The molecule has 4 aromatic rings. The van der Waals surface area contributed by atoms with Crippen LogP contribution < -0.4 is 10.2 Å². The number of H-pyrrole nitrogens is 1. The minimum atomic E-state index is -0.492. The molecule has 2 aliphatic heterocycles. The molecule has 226 valence electrons. The molecule has 0 saturated carbocycles. The molecule has 43 heavy (non-hydrogen) atoms. The van der Waals surface area contributed by atoms with E-state index in [1.54, 1.807) is 17.2 Å². The summed E-state index contributed by atoms with van der Waals surface area (Å²) in [4.78, 5) is 28.3. The minimum absolute atomic E-state index is 0.0985. The maximum absolute atomic E-state index is 16.8. The number of piperazine rings is 1. The number of nitrogens with one attached hydrogen (secondary N) is 2. The molecule has 2 aromatic carbocycles. The highest BCUT2D eigenvalue weighted by Gasteiger charge is 2.30. The monoisotopic (exact) mass is 604 g/mol. The largest absolute Gasteiger partial charge is 0.352 e. The number of anilines is 2. The number of hydrogen-bond donors (Lipinski definition) is 2. The van der Waals surface area contributed by atoms with Crippen molar-refractivity contribution >= 4 is 51.1 Å². The van der Waals surface area contributed by atoms with E-state index in [-0.39, 0.29) is 28.0 Å². The van der Waals surface area contributed by atoms with Crippen molar-refractivity contribution in [1.82, 2.24) is 30.0 Å². The maximum atomic E-state index is 16.8. The number of benzene rings is 2. The Bertz CT molecular complexity index is 1700. The van der Waals surface area contributed by atoms with Crippen LogP contribution in [-0.4, -0.2) is 86.7 Å². The van der Waals surface area contributed by atoms with Gasteiger partial charge in [-0.1, -0.05) is 24.2 Å². The first-order chi connectivity index (χ1) is 20.5. The van der Waals surface area contributed by atoms with Crippen LogP contribution in [0.25, 0.3) is 32.9 Å². The van der Waals surface area contributed by atoms with Crippen molar-refractivity contribution in [3.05, 3.63) is 53.5 Å². The van der Waals surface area contributed by atoms with Crippen LogP contribution >= 0.6 is 11.6 Å². The smallest absolute Gasteiger partial charge is 0.246 e. The lowest BCUT2D eigenvalue weighted by Gasteiger charge is -2.41. The molecule has 2 aliphatic rings. The quantitative estimate of drug-likeness (QED) is 0.279. The van der Waals surface area contributed by atoms with Crippen LogP contribution in [0.15, 0.2) is 37.1 Å². The zero-order chi connectivity index (χ0) is 30.5. The number of aromatic amines is 1. The Balaban J connectivity index is 1.43. The first kappa shape index (κ1) is 29.3. The van der Waals surface area contributed by atoms with Gasteiger partial charge in [-0.15, -0.1) is 0 Å². The Morgan fingerprint density at radius 1 is 1.09 bits per heavy atom. The zero-order valence-corrected chi connectivity index (χ0v) is 25.9. The fourth-order valence-electron chi connectivity index (χ4n) is 6.32. The summed E-state index contributed by atoms with van der Waals surface area (Å²) in [5.74, 6) is 0.412. The summed E-state index contributed by atoms with van der Waals surface area (Å²) in [6, 6.07) is 5.80. The van der Waals surface area contributed by atoms with Crippen LogP contribution in [0.5, 0.6) is 0 Å². The van der Waals surface area contributed by atoms with Crippen LogP contribution in [0.1, 0.15) is 39.2 Å². The Hall–Kier alpha value is -3.76. The van der Waals surface area contributed by atoms with Gasteiger partial charge in [0.05, 0.1) is 16.7 Å². The van der Waals surface area contributed by atoms with E-state index in [2.05, 4.69) is 52.7 Å². The number of fused-ring (bicyclic) bond motifs is 2. The number of carbonyl (C=O) groups is 1.